The van der Waals surface area contributed by atoms with E-state index < -0.39 is 6.09 Å². The Hall–Kier alpha value is -3.80. The van der Waals surface area contributed by atoms with E-state index in [0.29, 0.717) is 35.1 Å². The number of methoxy groups -OCH3 is 2. The lowest BCUT2D eigenvalue weighted by molar-refractivity contribution is 0.134. The van der Waals surface area contributed by atoms with E-state index in [1.165, 1.54) is 7.11 Å². The minimum Gasteiger partial charge on any atom is -0.495 e. The normalized spacial score (nSPS) is 13.9. The van der Waals surface area contributed by atoms with Crippen LogP contribution in [-0.2, 0) is 10.2 Å². The molecular formula is C23H25N5O4. The van der Waals surface area contributed by atoms with Gasteiger partial charge in [0.2, 0.25) is 0 Å². The summed E-state index contributed by atoms with van der Waals surface area (Å²) in [6, 6.07) is 11.2. The Morgan fingerprint density at radius 3 is 2.66 bits per heavy atom. The number of nitrogens with zero attached hydrogens (tertiary/aromatic N) is 4. The Bertz CT molecular complexity index is 1190. The van der Waals surface area contributed by atoms with Gasteiger partial charge in [-0.05, 0) is 43.5 Å². The van der Waals surface area contributed by atoms with Crippen molar-refractivity contribution < 1.29 is 19.0 Å². The molecule has 1 aliphatic rings. The van der Waals surface area contributed by atoms with Crippen molar-refractivity contribution in [1.29, 1.82) is 5.26 Å². The number of carbonyl (C=O) groups is 1. The quantitative estimate of drug-likeness (QED) is 0.577. The molecule has 0 bridgehead atoms. The molecule has 4 rings (SSSR count). The summed E-state index contributed by atoms with van der Waals surface area (Å²) in [4.78, 5) is 16.6. The highest BCUT2D eigenvalue weighted by Gasteiger charge is 2.49. The van der Waals surface area contributed by atoms with E-state index >= 15 is 0 Å². The first-order chi connectivity index (χ1) is 15.5. The summed E-state index contributed by atoms with van der Waals surface area (Å²) in [5.74, 6) is 1.69. The number of benzene rings is 1. The van der Waals surface area contributed by atoms with Crippen molar-refractivity contribution in [2.45, 2.75) is 31.6 Å². The molecule has 1 saturated carbocycles. The Morgan fingerprint density at radius 1 is 1.22 bits per heavy atom. The zero-order chi connectivity index (χ0) is 22.7. The molecule has 1 amide bonds. The third kappa shape index (κ3) is 3.91. The third-order valence-electron chi connectivity index (χ3n) is 5.61. The number of hydrogen-bond donors (Lipinski definition) is 1. The van der Waals surface area contributed by atoms with E-state index in [-0.39, 0.29) is 12.0 Å². The first kappa shape index (κ1) is 21.4. The molecule has 32 heavy (non-hydrogen) atoms. The molecule has 0 aliphatic heterocycles. The molecule has 9 nitrogen and oxygen atoms in total. The van der Waals surface area contributed by atoms with Crippen LogP contribution in [0.1, 0.15) is 37.6 Å². The highest BCUT2D eigenvalue weighted by atomic mass is 16.5. The second-order valence-corrected chi connectivity index (χ2v) is 7.77. The van der Waals surface area contributed by atoms with Gasteiger partial charge in [0.15, 0.2) is 17.2 Å². The molecular weight excluding hydrogens is 410 g/mol. The summed E-state index contributed by atoms with van der Waals surface area (Å²) >= 11 is 0. The van der Waals surface area contributed by atoms with E-state index in [4.69, 9.17) is 24.3 Å². The predicted octanol–water partition coefficient (Wildman–Crippen LogP) is 3.45. The van der Waals surface area contributed by atoms with Gasteiger partial charge in [0, 0.05) is 12.1 Å². The van der Waals surface area contributed by atoms with Gasteiger partial charge in [-0.2, -0.15) is 5.26 Å². The number of nitriles is 1. The number of carbonyl (C=O) groups excluding carboxylic acids is 1. The first-order valence-electron chi connectivity index (χ1n) is 10.5. The Kier molecular flexibility index (Phi) is 5.86. The lowest BCUT2D eigenvalue weighted by Crippen LogP contribution is -2.29. The molecule has 166 valence electrons. The molecule has 3 aromatic rings. The lowest BCUT2D eigenvalue weighted by Gasteiger charge is -2.12. The summed E-state index contributed by atoms with van der Waals surface area (Å²) in [5.41, 5.74) is 2.24. The highest BCUT2D eigenvalue weighted by Crippen LogP contribution is 2.47. The van der Waals surface area contributed by atoms with Gasteiger partial charge in [0.1, 0.15) is 18.4 Å². The van der Waals surface area contributed by atoms with Crippen LogP contribution >= 0.6 is 0 Å². The van der Waals surface area contributed by atoms with Crippen molar-refractivity contribution in [1.82, 2.24) is 19.9 Å². The summed E-state index contributed by atoms with van der Waals surface area (Å²) in [6.45, 7) is 2.78. The SMILES string of the molecule is CCCNC(=O)OCC1(c2nc3c(OC)ccc(-c4ccc(C#N)c(OC)c4)n3n2)CC1. The monoisotopic (exact) mass is 435 g/mol. The fraction of sp³-hybridized carbons (Fsp3) is 0.391. The second kappa shape index (κ2) is 8.75. The number of nitrogens with one attached hydrogen (secondary N) is 1. The molecule has 2 heterocycles. The van der Waals surface area contributed by atoms with Crippen LogP contribution in [0.15, 0.2) is 30.3 Å². The maximum absolute atomic E-state index is 11.9. The van der Waals surface area contributed by atoms with E-state index in [0.717, 1.165) is 30.5 Å². The predicted molar refractivity (Wildman–Crippen MR) is 117 cm³/mol. The van der Waals surface area contributed by atoms with Crippen LogP contribution in [0.5, 0.6) is 11.5 Å². The molecule has 0 saturated heterocycles. The van der Waals surface area contributed by atoms with Gasteiger partial charge >= 0.3 is 6.09 Å². The van der Waals surface area contributed by atoms with E-state index in [9.17, 15) is 10.1 Å². The maximum Gasteiger partial charge on any atom is 0.407 e. The van der Waals surface area contributed by atoms with E-state index in [1.807, 2.05) is 25.1 Å². The van der Waals surface area contributed by atoms with Crippen LogP contribution in [0.4, 0.5) is 4.79 Å². The highest BCUT2D eigenvalue weighted by molar-refractivity contribution is 5.70. The zero-order valence-electron chi connectivity index (χ0n) is 18.3. The number of ether oxygens (including phenoxy) is 3. The molecule has 1 fully saturated rings. The van der Waals surface area contributed by atoms with E-state index in [2.05, 4.69) is 11.4 Å². The van der Waals surface area contributed by atoms with Gasteiger partial charge in [0.05, 0.1) is 30.9 Å². The number of pyridine rings is 1. The molecule has 0 radical (unpaired) electrons. The largest absolute Gasteiger partial charge is 0.495 e. The zero-order valence-corrected chi connectivity index (χ0v) is 18.3. The van der Waals surface area contributed by atoms with Crippen molar-refractivity contribution in [3.05, 3.63) is 41.7 Å². The Morgan fingerprint density at radius 2 is 2.00 bits per heavy atom. The summed E-state index contributed by atoms with van der Waals surface area (Å²) in [7, 11) is 3.12. The van der Waals surface area contributed by atoms with Gasteiger partial charge in [-0.15, -0.1) is 5.10 Å². The summed E-state index contributed by atoms with van der Waals surface area (Å²) < 4.78 is 18.0. The van der Waals surface area contributed by atoms with E-state index in [1.54, 1.807) is 23.8 Å². The molecule has 1 aromatic carbocycles. The number of rotatable bonds is 8. The third-order valence-corrected chi connectivity index (χ3v) is 5.61. The number of aromatic nitrogens is 3. The van der Waals surface area contributed by atoms with Gasteiger partial charge < -0.3 is 19.5 Å². The standard InChI is InChI=1S/C23H25N5O4/c1-4-11-25-22(29)32-14-23(9-10-23)21-26-20-18(30-2)8-7-17(28(20)27-21)15-5-6-16(13-24)19(12-15)31-3/h5-8,12H,4,9-11,14H2,1-3H3,(H,25,29). The maximum atomic E-state index is 11.9. The van der Waals surface area contributed by atoms with Crippen LogP contribution < -0.4 is 14.8 Å². The topological polar surface area (TPSA) is 111 Å². The molecule has 9 heteroatoms. The average molecular weight is 435 g/mol. The van der Waals surface area contributed by atoms with Crippen LogP contribution in [0.2, 0.25) is 0 Å². The number of alkyl carbamates (subject to hydrolysis) is 1. The van der Waals surface area contributed by atoms with Crippen molar-refractivity contribution in [3.8, 4) is 28.8 Å². The second-order valence-electron chi connectivity index (χ2n) is 7.77. The fourth-order valence-electron chi connectivity index (χ4n) is 3.55. The number of hydrogen-bond acceptors (Lipinski definition) is 7. The lowest BCUT2D eigenvalue weighted by atomic mass is 10.1. The van der Waals surface area contributed by atoms with Gasteiger partial charge in [-0.25, -0.2) is 14.3 Å². The summed E-state index contributed by atoms with van der Waals surface area (Å²) in [6.07, 6.45) is 2.10. The molecule has 0 atom stereocenters. The first-order valence-corrected chi connectivity index (χ1v) is 10.5. The Labute approximate surface area is 185 Å². The number of amides is 1. The molecule has 0 spiro atoms. The van der Waals surface area contributed by atoms with Crippen molar-refractivity contribution in [2.75, 3.05) is 27.4 Å². The minimum atomic E-state index is -0.426. The van der Waals surface area contributed by atoms with Crippen LogP contribution in [0.3, 0.4) is 0 Å². The molecule has 1 N–H and O–H groups in total. The van der Waals surface area contributed by atoms with Gasteiger partial charge in [-0.3, -0.25) is 0 Å². The smallest absolute Gasteiger partial charge is 0.407 e. The Balaban J connectivity index is 1.71. The molecule has 2 aromatic heterocycles. The summed E-state index contributed by atoms with van der Waals surface area (Å²) in [5, 5.41) is 16.8. The van der Waals surface area contributed by atoms with Gasteiger partial charge in [0.25, 0.3) is 0 Å². The van der Waals surface area contributed by atoms with Crippen LogP contribution in [0, 0.1) is 11.3 Å². The molecule has 1 aliphatic carbocycles. The van der Waals surface area contributed by atoms with Crippen molar-refractivity contribution in [3.63, 3.8) is 0 Å². The van der Waals surface area contributed by atoms with Crippen molar-refractivity contribution >= 4 is 11.7 Å². The molecule has 0 unspecified atom stereocenters. The van der Waals surface area contributed by atoms with Crippen molar-refractivity contribution in [2.24, 2.45) is 0 Å². The average Bonchev–Trinajstić information content (AvgIpc) is 3.49. The van der Waals surface area contributed by atoms with Gasteiger partial charge in [-0.1, -0.05) is 13.0 Å². The fourth-order valence-corrected chi connectivity index (χ4v) is 3.55. The van der Waals surface area contributed by atoms with Crippen LogP contribution in [0.25, 0.3) is 16.9 Å². The minimum absolute atomic E-state index is 0.224. The number of fused-ring (bicyclic) bond motifs is 1. The van der Waals surface area contributed by atoms with Crippen LogP contribution in [-0.4, -0.2) is 48.1 Å².